The van der Waals surface area contributed by atoms with Crippen molar-refractivity contribution >= 4 is 22.9 Å². The number of halogens is 1. The van der Waals surface area contributed by atoms with E-state index in [1.54, 1.807) is 23.5 Å². The van der Waals surface area contributed by atoms with Crippen LogP contribution in [0.1, 0.15) is 27.6 Å². The molecule has 0 radical (unpaired) electrons. The fourth-order valence-electron chi connectivity index (χ4n) is 2.77. The lowest BCUT2D eigenvalue weighted by Gasteiger charge is -2.18. The van der Waals surface area contributed by atoms with Gasteiger partial charge in [-0.3, -0.25) is 10.1 Å². The Morgan fingerprint density at radius 2 is 1.85 bits per heavy atom. The van der Waals surface area contributed by atoms with Gasteiger partial charge < -0.3 is 5.32 Å². The molecule has 1 atom stereocenters. The molecule has 2 aromatic carbocycles. The molecule has 0 saturated carbocycles. The van der Waals surface area contributed by atoms with E-state index in [2.05, 4.69) is 10.6 Å². The van der Waals surface area contributed by atoms with Crippen LogP contribution >= 0.6 is 11.3 Å². The minimum Gasteiger partial charge on any atom is -0.325 e. The van der Waals surface area contributed by atoms with Gasteiger partial charge in [0.1, 0.15) is 5.82 Å². The van der Waals surface area contributed by atoms with E-state index in [-0.39, 0.29) is 24.3 Å². The molecule has 3 aromatic rings. The highest BCUT2D eigenvalue weighted by molar-refractivity contribution is 7.10. The molecular formula is C21H21FN2OS. The van der Waals surface area contributed by atoms with Crippen molar-refractivity contribution < 1.29 is 9.18 Å². The Kier molecular flexibility index (Phi) is 5.81. The highest BCUT2D eigenvalue weighted by Gasteiger charge is 2.16. The van der Waals surface area contributed by atoms with E-state index in [9.17, 15) is 9.18 Å². The zero-order valence-corrected chi connectivity index (χ0v) is 15.6. The van der Waals surface area contributed by atoms with Gasteiger partial charge in [0.15, 0.2) is 0 Å². The second kappa shape index (κ2) is 8.25. The van der Waals surface area contributed by atoms with Crippen molar-refractivity contribution in [1.29, 1.82) is 0 Å². The van der Waals surface area contributed by atoms with Crippen molar-refractivity contribution in [2.45, 2.75) is 19.9 Å². The SMILES string of the molecule is Cc1cccc(NC(=O)CN[C@H](c2ccc(F)cc2)c2cccs2)c1C. The van der Waals surface area contributed by atoms with Crippen LogP contribution in [-0.4, -0.2) is 12.5 Å². The van der Waals surface area contributed by atoms with Crippen molar-refractivity contribution in [2.24, 2.45) is 0 Å². The summed E-state index contributed by atoms with van der Waals surface area (Å²) in [6.07, 6.45) is 0. The summed E-state index contributed by atoms with van der Waals surface area (Å²) in [7, 11) is 0. The van der Waals surface area contributed by atoms with Gasteiger partial charge >= 0.3 is 0 Å². The number of hydrogen-bond donors (Lipinski definition) is 2. The molecule has 0 aliphatic rings. The maximum atomic E-state index is 13.2. The highest BCUT2D eigenvalue weighted by Crippen LogP contribution is 2.26. The van der Waals surface area contributed by atoms with Gasteiger partial charge in [0.25, 0.3) is 0 Å². The zero-order chi connectivity index (χ0) is 18.5. The van der Waals surface area contributed by atoms with Crippen molar-refractivity contribution in [3.63, 3.8) is 0 Å². The van der Waals surface area contributed by atoms with Crippen molar-refractivity contribution in [2.75, 3.05) is 11.9 Å². The molecule has 2 N–H and O–H groups in total. The van der Waals surface area contributed by atoms with Crippen LogP contribution in [0, 0.1) is 19.7 Å². The smallest absolute Gasteiger partial charge is 0.238 e. The molecule has 5 heteroatoms. The summed E-state index contributed by atoms with van der Waals surface area (Å²) in [5.41, 5.74) is 3.95. The third-order valence-corrected chi connectivity index (χ3v) is 5.31. The molecule has 0 fully saturated rings. The van der Waals surface area contributed by atoms with Crippen LogP contribution in [-0.2, 0) is 4.79 Å². The summed E-state index contributed by atoms with van der Waals surface area (Å²) >= 11 is 1.60. The lowest BCUT2D eigenvalue weighted by Crippen LogP contribution is -2.31. The van der Waals surface area contributed by atoms with Gasteiger partial charge in [-0.2, -0.15) is 0 Å². The number of benzene rings is 2. The molecule has 26 heavy (non-hydrogen) atoms. The Balaban J connectivity index is 1.70. The third-order valence-electron chi connectivity index (χ3n) is 4.38. The van der Waals surface area contributed by atoms with Gasteiger partial charge in [0, 0.05) is 10.6 Å². The number of hydrogen-bond acceptors (Lipinski definition) is 3. The van der Waals surface area contributed by atoms with Crippen molar-refractivity contribution in [3.05, 3.63) is 87.4 Å². The topological polar surface area (TPSA) is 41.1 Å². The number of anilines is 1. The second-order valence-electron chi connectivity index (χ2n) is 6.18. The van der Waals surface area contributed by atoms with Crippen molar-refractivity contribution in [1.82, 2.24) is 5.32 Å². The molecule has 1 amide bonds. The van der Waals surface area contributed by atoms with E-state index < -0.39 is 0 Å². The Morgan fingerprint density at radius 1 is 1.08 bits per heavy atom. The first-order valence-electron chi connectivity index (χ1n) is 8.43. The predicted octanol–water partition coefficient (Wildman–Crippen LogP) is 4.82. The number of carbonyl (C=O) groups is 1. The quantitative estimate of drug-likeness (QED) is 0.655. The molecule has 3 nitrogen and oxygen atoms in total. The van der Waals surface area contributed by atoms with Gasteiger partial charge in [0.05, 0.1) is 12.6 Å². The largest absolute Gasteiger partial charge is 0.325 e. The van der Waals surface area contributed by atoms with Crippen LogP contribution in [0.2, 0.25) is 0 Å². The fraction of sp³-hybridized carbons (Fsp3) is 0.190. The molecule has 0 aliphatic carbocycles. The molecule has 0 saturated heterocycles. The van der Waals surface area contributed by atoms with Crippen molar-refractivity contribution in [3.8, 4) is 0 Å². The summed E-state index contributed by atoms with van der Waals surface area (Å²) in [4.78, 5) is 13.5. The number of nitrogens with one attached hydrogen (secondary N) is 2. The normalized spacial score (nSPS) is 12.0. The number of amides is 1. The Morgan fingerprint density at radius 3 is 2.54 bits per heavy atom. The van der Waals surface area contributed by atoms with Crippen LogP contribution < -0.4 is 10.6 Å². The number of aryl methyl sites for hydroxylation is 1. The van der Waals surface area contributed by atoms with Gasteiger partial charge in [0.2, 0.25) is 5.91 Å². The monoisotopic (exact) mass is 368 g/mol. The van der Waals surface area contributed by atoms with Crippen LogP contribution in [0.5, 0.6) is 0 Å². The van der Waals surface area contributed by atoms with Gasteiger partial charge in [-0.05, 0) is 60.2 Å². The minimum absolute atomic E-state index is 0.109. The van der Waals surface area contributed by atoms with Gasteiger partial charge in [-0.25, -0.2) is 4.39 Å². The van der Waals surface area contributed by atoms with Crippen LogP contribution in [0.3, 0.4) is 0 Å². The lowest BCUT2D eigenvalue weighted by atomic mass is 10.1. The number of carbonyl (C=O) groups excluding carboxylic acids is 1. The molecule has 0 aliphatic heterocycles. The highest BCUT2D eigenvalue weighted by atomic mass is 32.1. The molecule has 134 valence electrons. The summed E-state index contributed by atoms with van der Waals surface area (Å²) in [6.45, 7) is 4.17. The van der Waals surface area contributed by atoms with E-state index in [0.717, 1.165) is 27.3 Å². The molecule has 0 spiro atoms. The maximum absolute atomic E-state index is 13.2. The number of thiophene rings is 1. The first-order chi connectivity index (χ1) is 12.5. The molecule has 0 unspecified atom stereocenters. The first kappa shape index (κ1) is 18.3. The standard InChI is InChI=1S/C21H21FN2OS/c1-14-5-3-6-18(15(14)2)24-20(25)13-23-21(19-7-4-12-26-19)16-8-10-17(22)11-9-16/h3-12,21,23H,13H2,1-2H3,(H,24,25)/t21-/m1/s1. The van der Waals surface area contributed by atoms with E-state index in [4.69, 9.17) is 0 Å². The molecular weight excluding hydrogens is 347 g/mol. The summed E-state index contributed by atoms with van der Waals surface area (Å²) < 4.78 is 13.2. The van der Waals surface area contributed by atoms with Gasteiger partial charge in [-0.15, -0.1) is 11.3 Å². The number of rotatable bonds is 6. The van der Waals surface area contributed by atoms with Gasteiger partial charge in [-0.1, -0.05) is 30.3 Å². The zero-order valence-electron chi connectivity index (χ0n) is 14.8. The maximum Gasteiger partial charge on any atom is 0.238 e. The van der Waals surface area contributed by atoms with E-state index >= 15 is 0 Å². The second-order valence-corrected chi connectivity index (χ2v) is 7.16. The van der Waals surface area contributed by atoms with Crippen LogP contribution in [0.15, 0.2) is 60.0 Å². The molecule has 3 rings (SSSR count). The first-order valence-corrected chi connectivity index (χ1v) is 9.31. The molecule has 0 bridgehead atoms. The van der Waals surface area contributed by atoms with Crippen LogP contribution in [0.25, 0.3) is 0 Å². The van der Waals surface area contributed by atoms with Crippen LogP contribution in [0.4, 0.5) is 10.1 Å². The summed E-state index contributed by atoms with van der Waals surface area (Å²) in [6, 6.07) is 16.0. The molecule has 1 heterocycles. The van der Waals surface area contributed by atoms with E-state index in [1.165, 1.54) is 12.1 Å². The summed E-state index contributed by atoms with van der Waals surface area (Å²) in [5.74, 6) is -0.381. The minimum atomic E-state index is -0.272. The average molecular weight is 368 g/mol. The average Bonchev–Trinajstić information content (AvgIpc) is 3.15. The fourth-order valence-corrected chi connectivity index (χ4v) is 3.60. The Hall–Kier alpha value is -2.50. The predicted molar refractivity (Wildman–Crippen MR) is 105 cm³/mol. The van der Waals surface area contributed by atoms with E-state index in [0.29, 0.717) is 0 Å². The Labute approximate surface area is 156 Å². The Bertz CT molecular complexity index is 876. The third kappa shape index (κ3) is 4.36. The van der Waals surface area contributed by atoms with E-state index in [1.807, 2.05) is 49.6 Å². The lowest BCUT2D eigenvalue weighted by molar-refractivity contribution is -0.115. The molecule has 1 aromatic heterocycles. The summed E-state index contributed by atoms with van der Waals surface area (Å²) in [5, 5.41) is 8.23.